The maximum Gasteiger partial charge on any atom is 0.258 e. The first-order valence-corrected chi connectivity index (χ1v) is 9.32. The minimum absolute atomic E-state index is 0. The van der Waals surface area contributed by atoms with E-state index >= 15 is 0 Å². The molecule has 2 aliphatic rings. The van der Waals surface area contributed by atoms with E-state index in [1.807, 2.05) is 23.1 Å². The summed E-state index contributed by atoms with van der Waals surface area (Å²) in [5.41, 5.74) is 9.01. The van der Waals surface area contributed by atoms with Gasteiger partial charge in [0.15, 0.2) is 0 Å². The lowest BCUT2D eigenvalue weighted by molar-refractivity contribution is -0.126. The zero-order chi connectivity index (χ0) is 18.8. The van der Waals surface area contributed by atoms with Gasteiger partial charge in [-0.05, 0) is 55.2 Å². The van der Waals surface area contributed by atoms with Gasteiger partial charge >= 0.3 is 0 Å². The average molecular weight is 402 g/mol. The van der Waals surface area contributed by atoms with Crippen molar-refractivity contribution in [2.45, 2.75) is 31.5 Å². The highest BCUT2D eigenvalue weighted by atomic mass is 35.5. The van der Waals surface area contributed by atoms with Crippen molar-refractivity contribution in [2.75, 3.05) is 23.3 Å². The number of nitrogens with two attached hydrogens (primary N) is 1. The van der Waals surface area contributed by atoms with Gasteiger partial charge in [0.2, 0.25) is 0 Å². The Morgan fingerprint density at radius 1 is 1.11 bits per heavy atom. The largest absolute Gasteiger partial charge is 0.364 e. The van der Waals surface area contributed by atoms with Crippen molar-refractivity contribution >= 4 is 35.6 Å². The highest BCUT2D eigenvalue weighted by Crippen LogP contribution is 2.29. The van der Waals surface area contributed by atoms with Crippen molar-refractivity contribution in [1.82, 2.24) is 0 Å². The molecule has 0 bridgehead atoms. The van der Waals surface area contributed by atoms with Crippen molar-refractivity contribution in [2.24, 2.45) is 5.73 Å². The van der Waals surface area contributed by atoms with Gasteiger partial charge in [0, 0.05) is 30.0 Å². The van der Waals surface area contributed by atoms with Gasteiger partial charge in [0.05, 0.1) is 6.10 Å². The summed E-state index contributed by atoms with van der Waals surface area (Å²) in [5, 5.41) is 2.85. The Labute approximate surface area is 170 Å². The van der Waals surface area contributed by atoms with Crippen LogP contribution in [0.4, 0.5) is 11.4 Å². The second-order valence-electron chi connectivity index (χ2n) is 6.96. The summed E-state index contributed by atoms with van der Waals surface area (Å²) in [6, 6.07) is 15.0. The molecule has 2 amide bonds. The van der Waals surface area contributed by atoms with Crippen LogP contribution in [-0.4, -0.2) is 37.1 Å². The zero-order valence-corrected chi connectivity index (χ0v) is 16.3. The van der Waals surface area contributed by atoms with E-state index in [2.05, 4.69) is 11.4 Å². The molecule has 2 heterocycles. The van der Waals surface area contributed by atoms with E-state index in [-0.39, 0.29) is 30.3 Å². The van der Waals surface area contributed by atoms with Crippen LogP contribution in [0.5, 0.6) is 0 Å². The van der Waals surface area contributed by atoms with E-state index in [4.69, 9.17) is 10.5 Å². The van der Waals surface area contributed by atoms with Gasteiger partial charge in [-0.1, -0.05) is 18.2 Å². The number of nitrogens with one attached hydrogen (secondary N) is 1. The SMILES string of the molecule is Cl.NC[C@H]1CC[C@@H](C(=O)Nc2ccc(C(=O)N3CCc4ccccc43)cc2)O1. The van der Waals surface area contributed by atoms with Crippen molar-refractivity contribution in [3.63, 3.8) is 0 Å². The molecule has 0 aromatic heterocycles. The summed E-state index contributed by atoms with van der Waals surface area (Å²) in [5.74, 6) is -0.193. The van der Waals surface area contributed by atoms with E-state index in [9.17, 15) is 9.59 Å². The van der Waals surface area contributed by atoms with Crippen molar-refractivity contribution in [1.29, 1.82) is 0 Å². The third-order valence-corrected chi connectivity index (χ3v) is 5.19. The molecular weight excluding hydrogens is 378 g/mol. The summed E-state index contributed by atoms with van der Waals surface area (Å²) in [4.78, 5) is 26.9. The number of rotatable bonds is 4. The third-order valence-electron chi connectivity index (χ3n) is 5.19. The van der Waals surface area contributed by atoms with Crippen molar-refractivity contribution in [3.8, 4) is 0 Å². The first-order chi connectivity index (χ1) is 13.2. The lowest BCUT2D eigenvalue weighted by Crippen LogP contribution is -2.30. The number of carbonyl (C=O) groups is 2. The maximum absolute atomic E-state index is 12.8. The summed E-state index contributed by atoms with van der Waals surface area (Å²) >= 11 is 0. The molecule has 2 aliphatic heterocycles. The molecule has 148 valence electrons. The molecule has 7 heteroatoms. The molecule has 1 saturated heterocycles. The van der Waals surface area contributed by atoms with Gasteiger partial charge in [-0.15, -0.1) is 12.4 Å². The summed E-state index contributed by atoms with van der Waals surface area (Å²) in [6.07, 6.45) is 1.87. The molecule has 2 aromatic carbocycles. The smallest absolute Gasteiger partial charge is 0.258 e. The molecule has 6 nitrogen and oxygen atoms in total. The number of ether oxygens (including phenoxy) is 1. The fraction of sp³-hybridized carbons (Fsp3) is 0.333. The standard InChI is InChI=1S/C21H23N3O3.ClH/c22-13-17-9-10-19(27-17)20(25)23-16-7-5-15(6-8-16)21(26)24-12-11-14-3-1-2-4-18(14)24;/h1-8,17,19H,9-13,22H2,(H,23,25);1H/t17-,19+;/m1./s1. The van der Waals surface area contributed by atoms with Gasteiger partial charge in [-0.2, -0.15) is 0 Å². The molecule has 1 fully saturated rings. The number of anilines is 2. The second-order valence-corrected chi connectivity index (χ2v) is 6.96. The fourth-order valence-corrected chi connectivity index (χ4v) is 3.70. The quantitative estimate of drug-likeness (QED) is 0.825. The summed E-state index contributed by atoms with van der Waals surface area (Å²) in [6.45, 7) is 1.12. The average Bonchev–Trinajstić information content (AvgIpc) is 3.35. The number of halogens is 1. The Balaban J connectivity index is 0.00000225. The maximum atomic E-state index is 12.8. The van der Waals surface area contributed by atoms with E-state index in [1.54, 1.807) is 24.3 Å². The van der Waals surface area contributed by atoms with Gasteiger partial charge in [0.1, 0.15) is 6.10 Å². The number of nitrogens with zero attached hydrogens (tertiary/aromatic N) is 1. The highest BCUT2D eigenvalue weighted by Gasteiger charge is 2.30. The van der Waals surface area contributed by atoms with E-state index in [0.29, 0.717) is 30.8 Å². The Bertz CT molecular complexity index is 856. The topological polar surface area (TPSA) is 84.7 Å². The van der Waals surface area contributed by atoms with Crippen LogP contribution in [-0.2, 0) is 16.0 Å². The van der Waals surface area contributed by atoms with Crippen molar-refractivity contribution in [3.05, 3.63) is 59.7 Å². The monoisotopic (exact) mass is 401 g/mol. The summed E-state index contributed by atoms with van der Waals surface area (Å²) < 4.78 is 5.61. The predicted octanol–water partition coefficient (Wildman–Crippen LogP) is 2.76. The van der Waals surface area contributed by atoms with E-state index in [1.165, 1.54) is 5.56 Å². The predicted molar refractivity (Wildman–Crippen MR) is 111 cm³/mol. The van der Waals surface area contributed by atoms with Crippen LogP contribution < -0.4 is 16.0 Å². The first kappa shape index (κ1) is 20.3. The molecule has 4 rings (SSSR count). The van der Waals surface area contributed by atoms with Crippen LogP contribution in [0.1, 0.15) is 28.8 Å². The van der Waals surface area contributed by atoms with E-state index in [0.717, 1.165) is 18.5 Å². The first-order valence-electron chi connectivity index (χ1n) is 9.32. The van der Waals surface area contributed by atoms with Crippen LogP contribution in [0.15, 0.2) is 48.5 Å². The van der Waals surface area contributed by atoms with Gasteiger partial charge in [-0.25, -0.2) is 0 Å². The van der Waals surface area contributed by atoms with Crippen LogP contribution in [0.25, 0.3) is 0 Å². The Morgan fingerprint density at radius 2 is 1.86 bits per heavy atom. The molecule has 2 aromatic rings. The molecule has 0 unspecified atom stereocenters. The number of amides is 2. The lowest BCUT2D eigenvalue weighted by Gasteiger charge is -2.18. The van der Waals surface area contributed by atoms with Crippen LogP contribution >= 0.6 is 12.4 Å². The number of hydrogen-bond acceptors (Lipinski definition) is 4. The Hall–Kier alpha value is -2.41. The van der Waals surface area contributed by atoms with Gasteiger partial charge in [-0.3, -0.25) is 9.59 Å². The zero-order valence-electron chi connectivity index (χ0n) is 15.5. The lowest BCUT2D eigenvalue weighted by atomic mass is 10.1. The molecular formula is C21H24ClN3O3. The number of para-hydroxylation sites is 1. The molecule has 0 saturated carbocycles. The molecule has 28 heavy (non-hydrogen) atoms. The number of hydrogen-bond donors (Lipinski definition) is 2. The molecule has 0 aliphatic carbocycles. The normalized spacial score (nSPS) is 20.4. The number of fused-ring (bicyclic) bond motifs is 1. The molecule has 3 N–H and O–H groups in total. The van der Waals surface area contributed by atoms with Gasteiger partial charge < -0.3 is 20.7 Å². The molecule has 0 radical (unpaired) electrons. The summed E-state index contributed by atoms with van der Waals surface area (Å²) in [7, 11) is 0. The second kappa shape index (κ2) is 8.73. The van der Waals surface area contributed by atoms with E-state index < -0.39 is 6.10 Å². The molecule has 0 spiro atoms. The van der Waals surface area contributed by atoms with Crippen molar-refractivity contribution < 1.29 is 14.3 Å². The third kappa shape index (κ3) is 4.04. The fourth-order valence-electron chi connectivity index (χ4n) is 3.70. The van der Waals surface area contributed by atoms with Crippen LogP contribution in [0, 0.1) is 0 Å². The van der Waals surface area contributed by atoms with Gasteiger partial charge in [0.25, 0.3) is 11.8 Å². The minimum Gasteiger partial charge on any atom is -0.364 e. The number of carbonyl (C=O) groups excluding carboxylic acids is 2. The van der Waals surface area contributed by atoms with Crippen LogP contribution in [0.2, 0.25) is 0 Å². The highest BCUT2D eigenvalue weighted by molar-refractivity contribution is 6.07. The number of benzene rings is 2. The molecule has 2 atom stereocenters. The Kier molecular flexibility index (Phi) is 6.34. The minimum atomic E-state index is -0.457. The Morgan fingerprint density at radius 3 is 2.57 bits per heavy atom. The van der Waals surface area contributed by atoms with Crippen LogP contribution in [0.3, 0.4) is 0 Å².